The van der Waals surface area contributed by atoms with Gasteiger partial charge in [0.05, 0.1) is 12.1 Å². The predicted octanol–water partition coefficient (Wildman–Crippen LogP) is 4.52. The summed E-state index contributed by atoms with van der Waals surface area (Å²) in [7, 11) is 0. The second kappa shape index (κ2) is 7.22. The first-order valence-electron chi connectivity index (χ1n) is 8.92. The molecule has 1 aliphatic rings. The summed E-state index contributed by atoms with van der Waals surface area (Å²) in [6, 6.07) is 29.0. The van der Waals surface area contributed by atoms with Gasteiger partial charge in [0.1, 0.15) is 0 Å². The van der Waals surface area contributed by atoms with E-state index in [4.69, 9.17) is 0 Å². The van der Waals surface area contributed by atoms with Crippen LogP contribution in [0.15, 0.2) is 84.9 Å². The lowest BCUT2D eigenvalue weighted by molar-refractivity contribution is 0.0390. The minimum Gasteiger partial charge on any atom is -0.386 e. The number of aliphatic hydroxyl groups excluding tert-OH is 1. The van der Waals surface area contributed by atoms with Crippen LogP contribution < -0.4 is 0 Å². The zero-order chi connectivity index (χ0) is 17.1. The number of benzene rings is 3. The lowest BCUT2D eigenvalue weighted by Gasteiger charge is -2.38. The topological polar surface area (TPSA) is 23.5 Å². The summed E-state index contributed by atoms with van der Waals surface area (Å²) in [6.07, 6.45) is 0.481. The highest BCUT2D eigenvalue weighted by molar-refractivity contribution is 5.31. The standard InChI is InChI=1S/C23H23NO/c25-23(20-12-5-2-6-13-20)22(19-10-3-1-4-11-19)24-16-15-18-9-7-8-14-21(18)17-24/h1-14,22-23,25H,15-17H2/t22-,23-/m1/s1. The molecular formula is C23H23NO. The maximum Gasteiger partial charge on any atom is 0.0986 e. The van der Waals surface area contributed by atoms with Crippen molar-refractivity contribution in [2.24, 2.45) is 0 Å². The van der Waals surface area contributed by atoms with E-state index in [1.165, 1.54) is 16.7 Å². The molecule has 3 aromatic rings. The molecule has 1 N–H and O–H groups in total. The Morgan fingerprint density at radius 2 is 1.24 bits per heavy atom. The normalized spacial score (nSPS) is 16.8. The molecule has 1 heterocycles. The number of rotatable bonds is 4. The molecule has 0 radical (unpaired) electrons. The van der Waals surface area contributed by atoms with Crippen LogP contribution in [-0.2, 0) is 13.0 Å². The summed E-state index contributed by atoms with van der Waals surface area (Å²) in [5.41, 5.74) is 4.93. The number of hydrogen-bond donors (Lipinski definition) is 1. The molecule has 0 spiro atoms. The van der Waals surface area contributed by atoms with Gasteiger partial charge in [0.15, 0.2) is 0 Å². The highest BCUT2D eigenvalue weighted by atomic mass is 16.3. The molecule has 2 heteroatoms. The second-order valence-electron chi connectivity index (χ2n) is 6.70. The largest absolute Gasteiger partial charge is 0.386 e. The molecule has 0 aliphatic carbocycles. The maximum absolute atomic E-state index is 11.2. The van der Waals surface area contributed by atoms with Crippen LogP contribution in [0.25, 0.3) is 0 Å². The minimum absolute atomic E-state index is 0.0445. The Hall–Kier alpha value is -2.42. The molecule has 0 saturated carbocycles. The predicted molar refractivity (Wildman–Crippen MR) is 101 cm³/mol. The third-order valence-electron chi connectivity index (χ3n) is 5.13. The average Bonchev–Trinajstić information content (AvgIpc) is 2.69. The first kappa shape index (κ1) is 16.1. The van der Waals surface area contributed by atoms with Crippen molar-refractivity contribution in [1.29, 1.82) is 0 Å². The van der Waals surface area contributed by atoms with Crippen molar-refractivity contribution in [1.82, 2.24) is 4.90 Å². The molecular weight excluding hydrogens is 306 g/mol. The molecule has 126 valence electrons. The van der Waals surface area contributed by atoms with Gasteiger partial charge in [-0.05, 0) is 28.7 Å². The highest BCUT2D eigenvalue weighted by Crippen LogP contribution is 2.36. The quantitative estimate of drug-likeness (QED) is 0.761. The molecule has 0 aromatic heterocycles. The van der Waals surface area contributed by atoms with Gasteiger partial charge in [-0.15, -0.1) is 0 Å². The summed E-state index contributed by atoms with van der Waals surface area (Å²) in [5, 5.41) is 11.2. The minimum atomic E-state index is -0.547. The molecule has 4 rings (SSSR count). The summed E-state index contributed by atoms with van der Waals surface area (Å²) in [6.45, 7) is 1.83. The van der Waals surface area contributed by atoms with E-state index in [1.54, 1.807) is 0 Å². The summed E-state index contributed by atoms with van der Waals surface area (Å²) >= 11 is 0. The SMILES string of the molecule is O[C@H](c1ccccc1)[C@@H](c1ccccc1)N1CCc2ccccc2C1. The van der Waals surface area contributed by atoms with E-state index in [0.29, 0.717) is 0 Å². The molecule has 0 fully saturated rings. The van der Waals surface area contributed by atoms with Gasteiger partial charge in [-0.1, -0.05) is 84.9 Å². The molecule has 0 saturated heterocycles. The third-order valence-corrected chi connectivity index (χ3v) is 5.13. The van der Waals surface area contributed by atoms with Gasteiger partial charge in [0, 0.05) is 13.1 Å². The van der Waals surface area contributed by atoms with E-state index in [0.717, 1.165) is 25.1 Å². The molecule has 2 atom stereocenters. The van der Waals surface area contributed by atoms with E-state index >= 15 is 0 Å². The van der Waals surface area contributed by atoms with E-state index in [2.05, 4.69) is 53.4 Å². The van der Waals surface area contributed by atoms with Crippen molar-refractivity contribution in [3.8, 4) is 0 Å². The van der Waals surface area contributed by atoms with Crippen LogP contribution >= 0.6 is 0 Å². The molecule has 0 amide bonds. The van der Waals surface area contributed by atoms with Gasteiger partial charge in [-0.25, -0.2) is 0 Å². The van der Waals surface area contributed by atoms with Crippen molar-refractivity contribution in [2.45, 2.75) is 25.1 Å². The van der Waals surface area contributed by atoms with Crippen molar-refractivity contribution in [3.63, 3.8) is 0 Å². The Labute approximate surface area is 149 Å². The lowest BCUT2D eigenvalue weighted by atomic mass is 9.91. The van der Waals surface area contributed by atoms with Gasteiger partial charge in [0.25, 0.3) is 0 Å². The van der Waals surface area contributed by atoms with E-state index < -0.39 is 6.10 Å². The molecule has 3 aromatic carbocycles. The van der Waals surface area contributed by atoms with Crippen LogP contribution in [-0.4, -0.2) is 16.6 Å². The Morgan fingerprint density at radius 3 is 1.92 bits per heavy atom. The maximum atomic E-state index is 11.2. The first-order valence-corrected chi connectivity index (χ1v) is 8.92. The van der Waals surface area contributed by atoms with Crippen molar-refractivity contribution in [2.75, 3.05) is 6.54 Å². The summed E-state index contributed by atoms with van der Waals surface area (Å²) < 4.78 is 0. The van der Waals surface area contributed by atoms with Crippen molar-refractivity contribution in [3.05, 3.63) is 107 Å². The zero-order valence-corrected chi connectivity index (χ0v) is 14.3. The Balaban J connectivity index is 1.69. The zero-order valence-electron chi connectivity index (χ0n) is 14.3. The first-order chi connectivity index (χ1) is 12.3. The van der Waals surface area contributed by atoms with Gasteiger partial charge >= 0.3 is 0 Å². The van der Waals surface area contributed by atoms with Crippen LogP contribution in [0.2, 0.25) is 0 Å². The molecule has 2 nitrogen and oxygen atoms in total. The Bertz CT molecular complexity index is 816. The molecule has 25 heavy (non-hydrogen) atoms. The fraction of sp³-hybridized carbons (Fsp3) is 0.217. The van der Waals surface area contributed by atoms with E-state index in [-0.39, 0.29) is 6.04 Å². The third kappa shape index (κ3) is 3.37. The van der Waals surface area contributed by atoms with Crippen molar-refractivity contribution < 1.29 is 5.11 Å². The monoisotopic (exact) mass is 329 g/mol. The lowest BCUT2D eigenvalue weighted by Crippen LogP contribution is -2.37. The van der Waals surface area contributed by atoms with Crippen molar-refractivity contribution >= 4 is 0 Å². The van der Waals surface area contributed by atoms with Crippen LogP contribution in [0.5, 0.6) is 0 Å². The van der Waals surface area contributed by atoms with E-state index in [9.17, 15) is 5.11 Å². The number of aliphatic hydroxyl groups is 1. The highest BCUT2D eigenvalue weighted by Gasteiger charge is 2.31. The second-order valence-corrected chi connectivity index (χ2v) is 6.70. The van der Waals surface area contributed by atoms with Gasteiger partial charge in [-0.2, -0.15) is 0 Å². The Kier molecular flexibility index (Phi) is 4.64. The van der Waals surface area contributed by atoms with Crippen LogP contribution in [0.1, 0.15) is 34.4 Å². The van der Waals surface area contributed by atoms with Gasteiger partial charge < -0.3 is 5.11 Å². The number of hydrogen-bond acceptors (Lipinski definition) is 2. The number of nitrogens with zero attached hydrogens (tertiary/aromatic N) is 1. The van der Waals surface area contributed by atoms with Crippen LogP contribution in [0.3, 0.4) is 0 Å². The molecule has 0 unspecified atom stereocenters. The molecule has 0 bridgehead atoms. The van der Waals surface area contributed by atoms with Crippen LogP contribution in [0.4, 0.5) is 0 Å². The summed E-state index contributed by atoms with van der Waals surface area (Å²) in [4.78, 5) is 2.41. The number of fused-ring (bicyclic) bond motifs is 1. The molecule has 1 aliphatic heterocycles. The van der Waals surface area contributed by atoms with Gasteiger partial charge in [-0.3, -0.25) is 4.90 Å². The van der Waals surface area contributed by atoms with Gasteiger partial charge in [0.2, 0.25) is 0 Å². The Morgan fingerprint density at radius 1 is 0.680 bits per heavy atom. The fourth-order valence-electron chi connectivity index (χ4n) is 3.83. The summed E-state index contributed by atoms with van der Waals surface area (Å²) in [5.74, 6) is 0. The average molecular weight is 329 g/mol. The van der Waals surface area contributed by atoms with E-state index in [1.807, 2.05) is 36.4 Å². The smallest absolute Gasteiger partial charge is 0.0986 e. The fourth-order valence-corrected chi connectivity index (χ4v) is 3.83. The van der Waals surface area contributed by atoms with Crippen LogP contribution in [0, 0.1) is 0 Å².